The van der Waals surface area contributed by atoms with E-state index in [1.807, 2.05) is 11.5 Å². The average molecular weight is 154 g/mol. The Hall–Kier alpha value is -0.900. The zero-order chi connectivity index (χ0) is 8.27. The molecule has 0 fully saturated rings. The van der Waals surface area contributed by atoms with Crippen LogP contribution >= 0.6 is 0 Å². The largest absolute Gasteiger partial charge is 0.322 e. The van der Waals surface area contributed by atoms with Gasteiger partial charge in [-0.25, -0.2) is 0 Å². The van der Waals surface area contributed by atoms with E-state index in [0.717, 1.165) is 18.8 Å². The fourth-order valence-corrected chi connectivity index (χ4v) is 1.03. The average Bonchev–Trinajstić information content (AvgIpc) is 2.36. The number of nitrogens with zero attached hydrogens (tertiary/aromatic N) is 3. The topological polar surface area (TPSA) is 56.7 Å². The molecular formula is C7H14N4. The summed E-state index contributed by atoms with van der Waals surface area (Å²) in [7, 11) is 0. The minimum absolute atomic E-state index is 0.0240. The van der Waals surface area contributed by atoms with Gasteiger partial charge in [0.25, 0.3) is 0 Å². The van der Waals surface area contributed by atoms with E-state index in [4.69, 9.17) is 5.73 Å². The number of nitrogens with two attached hydrogens (primary N) is 1. The van der Waals surface area contributed by atoms with E-state index in [-0.39, 0.29) is 6.04 Å². The lowest BCUT2D eigenvalue weighted by molar-refractivity contribution is 0.600. The smallest absolute Gasteiger partial charge is 0.149 e. The SMILES string of the molecule is CCCn1cnnc1[C@@H](C)N. The van der Waals surface area contributed by atoms with Gasteiger partial charge in [0, 0.05) is 6.54 Å². The fourth-order valence-electron chi connectivity index (χ4n) is 1.03. The summed E-state index contributed by atoms with van der Waals surface area (Å²) in [6.07, 6.45) is 2.81. The lowest BCUT2D eigenvalue weighted by Gasteiger charge is -2.06. The van der Waals surface area contributed by atoms with E-state index in [2.05, 4.69) is 17.1 Å². The van der Waals surface area contributed by atoms with Crippen LogP contribution in [0.2, 0.25) is 0 Å². The van der Waals surface area contributed by atoms with E-state index < -0.39 is 0 Å². The lowest BCUT2D eigenvalue weighted by atomic mass is 10.3. The molecule has 0 amide bonds. The van der Waals surface area contributed by atoms with Gasteiger partial charge in [0.15, 0.2) is 0 Å². The van der Waals surface area contributed by atoms with Crippen molar-refractivity contribution >= 4 is 0 Å². The Bertz CT molecular complexity index is 216. The molecule has 0 bridgehead atoms. The second-order valence-corrected chi connectivity index (χ2v) is 2.67. The van der Waals surface area contributed by atoms with Gasteiger partial charge in [0.05, 0.1) is 6.04 Å². The molecule has 0 aliphatic heterocycles. The van der Waals surface area contributed by atoms with Crippen molar-refractivity contribution < 1.29 is 0 Å². The predicted octanol–water partition coefficient (Wildman–Crippen LogP) is 0.708. The highest BCUT2D eigenvalue weighted by Crippen LogP contribution is 2.05. The minimum atomic E-state index is -0.0240. The zero-order valence-corrected chi connectivity index (χ0v) is 6.99. The van der Waals surface area contributed by atoms with Crippen molar-refractivity contribution in [1.29, 1.82) is 0 Å². The van der Waals surface area contributed by atoms with Crippen LogP contribution in [-0.4, -0.2) is 14.8 Å². The first-order chi connectivity index (χ1) is 5.25. The van der Waals surface area contributed by atoms with Crippen LogP contribution in [0.4, 0.5) is 0 Å². The minimum Gasteiger partial charge on any atom is -0.322 e. The van der Waals surface area contributed by atoms with Crippen LogP contribution in [0.25, 0.3) is 0 Å². The monoisotopic (exact) mass is 154 g/mol. The summed E-state index contributed by atoms with van der Waals surface area (Å²) < 4.78 is 1.99. The maximum absolute atomic E-state index is 5.67. The van der Waals surface area contributed by atoms with Crippen molar-refractivity contribution in [3.8, 4) is 0 Å². The molecule has 1 rings (SSSR count). The molecule has 1 aromatic rings. The molecule has 2 N–H and O–H groups in total. The van der Waals surface area contributed by atoms with Gasteiger partial charge >= 0.3 is 0 Å². The van der Waals surface area contributed by atoms with Crippen molar-refractivity contribution in [2.24, 2.45) is 5.73 Å². The Labute approximate surface area is 66.4 Å². The molecular weight excluding hydrogens is 140 g/mol. The summed E-state index contributed by atoms with van der Waals surface area (Å²) in [5.41, 5.74) is 5.67. The molecule has 4 heteroatoms. The molecule has 0 radical (unpaired) electrons. The van der Waals surface area contributed by atoms with Crippen LogP contribution in [0.5, 0.6) is 0 Å². The number of hydrogen-bond acceptors (Lipinski definition) is 3. The maximum atomic E-state index is 5.67. The number of rotatable bonds is 3. The summed E-state index contributed by atoms with van der Waals surface area (Å²) in [5, 5.41) is 7.72. The molecule has 62 valence electrons. The molecule has 11 heavy (non-hydrogen) atoms. The maximum Gasteiger partial charge on any atom is 0.149 e. The first-order valence-corrected chi connectivity index (χ1v) is 3.89. The highest BCUT2D eigenvalue weighted by Gasteiger charge is 2.06. The lowest BCUT2D eigenvalue weighted by Crippen LogP contribution is -2.13. The Balaban J connectivity index is 2.78. The second-order valence-electron chi connectivity index (χ2n) is 2.67. The highest BCUT2D eigenvalue weighted by atomic mass is 15.3. The van der Waals surface area contributed by atoms with Crippen LogP contribution in [0.15, 0.2) is 6.33 Å². The van der Waals surface area contributed by atoms with Gasteiger partial charge in [-0.2, -0.15) is 0 Å². The molecule has 0 spiro atoms. The Morgan fingerprint density at radius 2 is 2.45 bits per heavy atom. The summed E-state index contributed by atoms with van der Waals surface area (Å²) in [5.74, 6) is 0.867. The molecule has 0 saturated carbocycles. The molecule has 0 aliphatic carbocycles. The zero-order valence-electron chi connectivity index (χ0n) is 6.99. The van der Waals surface area contributed by atoms with E-state index in [0.29, 0.717) is 0 Å². The van der Waals surface area contributed by atoms with Crippen molar-refractivity contribution in [3.63, 3.8) is 0 Å². The standard InChI is InChI=1S/C7H14N4/c1-3-4-11-5-9-10-7(11)6(2)8/h5-6H,3-4,8H2,1-2H3/t6-/m1/s1. The van der Waals surface area contributed by atoms with Crippen molar-refractivity contribution in [2.45, 2.75) is 32.9 Å². The van der Waals surface area contributed by atoms with E-state index in [1.54, 1.807) is 6.33 Å². The number of aryl methyl sites for hydroxylation is 1. The summed E-state index contributed by atoms with van der Waals surface area (Å²) in [4.78, 5) is 0. The number of hydrogen-bond donors (Lipinski definition) is 1. The molecule has 1 aromatic heterocycles. The molecule has 0 aliphatic rings. The van der Waals surface area contributed by atoms with Crippen LogP contribution in [0, 0.1) is 0 Å². The molecule has 4 nitrogen and oxygen atoms in total. The molecule has 0 unspecified atom stereocenters. The Morgan fingerprint density at radius 3 is 3.00 bits per heavy atom. The summed E-state index contributed by atoms with van der Waals surface area (Å²) in [6.45, 7) is 4.98. The second kappa shape index (κ2) is 3.48. The van der Waals surface area contributed by atoms with Crippen molar-refractivity contribution in [2.75, 3.05) is 0 Å². The first kappa shape index (κ1) is 8.20. The van der Waals surface area contributed by atoms with Crippen LogP contribution in [0.3, 0.4) is 0 Å². The fraction of sp³-hybridized carbons (Fsp3) is 0.714. The van der Waals surface area contributed by atoms with Gasteiger partial charge in [-0.3, -0.25) is 0 Å². The highest BCUT2D eigenvalue weighted by molar-refractivity contribution is 4.90. The molecule has 0 saturated heterocycles. The third-order valence-electron chi connectivity index (χ3n) is 1.52. The van der Waals surface area contributed by atoms with Crippen LogP contribution < -0.4 is 5.73 Å². The normalized spacial score (nSPS) is 13.4. The van der Waals surface area contributed by atoms with Gasteiger partial charge in [-0.05, 0) is 13.3 Å². The van der Waals surface area contributed by atoms with Gasteiger partial charge < -0.3 is 10.3 Å². The van der Waals surface area contributed by atoms with Crippen molar-refractivity contribution in [3.05, 3.63) is 12.2 Å². The molecule has 0 aromatic carbocycles. The van der Waals surface area contributed by atoms with Gasteiger partial charge in [0.2, 0.25) is 0 Å². The van der Waals surface area contributed by atoms with Crippen molar-refractivity contribution in [1.82, 2.24) is 14.8 Å². The van der Waals surface area contributed by atoms with Gasteiger partial charge in [0.1, 0.15) is 12.2 Å². The first-order valence-electron chi connectivity index (χ1n) is 3.89. The molecule has 1 heterocycles. The molecule has 1 atom stereocenters. The van der Waals surface area contributed by atoms with E-state index in [1.165, 1.54) is 0 Å². The van der Waals surface area contributed by atoms with E-state index in [9.17, 15) is 0 Å². The Kier molecular flexibility index (Phi) is 2.59. The number of aromatic nitrogens is 3. The quantitative estimate of drug-likeness (QED) is 0.697. The summed E-state index contributed by atoms with van der Waals surface area (Å²) in [6, 6.07) is -0.0240. The van der Waals surface area contributed by atoms with Gasteiger partial charge in [-0.15, -0.1) is 10.2 Å². The summed E-state index contributed by atoms with van der Waals surface area (Å²) >= 11 is 0. The van der Waals surface area contributed by atoms with Gasteiger partial charge in [-0.1, -0.05) is 6.92 Å². The third-order valence-corrected chi connectivity index (χ3v) is 1.52. The Morgan fingerprint density at radius 1 is 1.73 bits per heavy atom. The van der Waals surface area contributed by atoms with Crippen LogP contribution in [0.1, 0.15) is 32.1 Å². The van der Waals surface area contributed by atoms with E-state index >= 15 is 0 Å². The van der Waals surface area contributed by atoms with Crippen LogP contribution in [-0.2, 0) is 6.54 Å². The predicted molar refractivity (Wildman–Crippen MR) is 42.9 cm³/mol. The third kappa shape index (κ3) is 1.77.